The molecule has 5 nitrogen and oxygen atoms in total. The van der Waals surface area contributed by atoms with E-state index in [4.69, 9.17) is 0 Å². The van der Waals surface area contributed by atoms with Crippen LogP contribution >= 0.6 is 11.8 Å². The number of hydrogen-bond acceptors (Lipinski definition) is 3. The average Bonchev–Trinajstić information content (AvgIpc) is 2.53. The molecule has 1 aromatic carbocycles. The fourth-order valence-electron chi connectivity index (χ4n) is 3.47. The molecule has 0 aromatic heterocycles. The third-order valence-corrected chi connectivity index (χ3v) is 5.95. The van der Waals surface area contributed by atoms with Crippen LogP contribution in [0.2, 0.25) is 0 Å². The number of quaternary nitrogens is 1. The van der Waals surface area contributed by atoms with Gasteiger partial charge in [-0.2, -0.15) is 0 Å². The van der Waals surface area contributed by atoms with E-state index in [1.54, 1.807) is 11.8 Å². The van der Waals surface area contributed by atoms with Crippen molar-refractivity contribution in [3.8, 4) is 0 Å². The molecule has 6 heteroatoms. The van der Waals surface area contributed by atoms with E-state index >= 15 is 0 Å². The highest BCUT2D eigenvalue weighted by Crippen LogP contribution is 2.27. The summed E-state index contributed by atoms with van der Waals surface area (Å²) in [5, 5.41) is 2.93. The number of benzene rings is 1. The normalized spacial score (nSPS) is 15.4. The van der Waals surface area contributed by atoms with Crippen molar-refractivity contribution in [2.45, 2.75) is 45.6 Å². The lowest BCUT2D eigenvalue weighted by molar-refractivity contribution is -0.896. The molecule has 1 saturated heterocycles. The smallest absolute Gasteiger partial charge is 0.275 e. The summed E-state index contributed by atoms with van der Waals surface area (Å²) in [6, 6.07) is 4.52. The van der Waals surface area contributed by atoms with Gasteiger partial charge in [0.1, 0.15) is 0 Å². The number of amides is 2. The largest absolute Gasteiger partial charge is 0.349 e. The van der Waals surface area contributed by atoms with Crippen LogP contribution in [0.4, 0.5) is 0 Å². The topological polar surface area (TPSA) is 53.9 Å². The average molecular weight is 379 g/mol. The van der Waals surface area contributed by atoms with E-state index in [1.165, 1.54) is 26.5 Å². The van der Waals surface area contributed by atoms with Crippen molar-refractivity contribution in [3.05, 3.63) is 28.8 Å². The molecular weight excluding hydrogens is 346 g/mol. The molecule has 1 aromatic rings. The Kier molecular flexibility index (Phi) is 7.53. The van der Waals surface area contributed by atoms with Crippen molar-refractivity contribution >= 4 is 23.6 Å². The summed E-state index contributed by atoms with van der Waals surface area (Å²) in [7, 11) is 0. The summed E-state index contributed by atoms with van der Waals surface area (Å²) in [4.78, 5) is 28.8. The molecule has 1 aliphatic heterocycles. The summed E-state index contributed by atoms with van der Waals surface area (Å²) < 4.78 is 0. The molecule has 0 unspecified atom stereocenters. The Balaban J connectivity index is 1.79. The van der Waals surface area contributed by atoms with Gasteiger partial charge in [-0.3, -0.25) is 9.59 Å². The van der Waals surface area contributed by atoms with Crippen LogP contribution in [0.15, 0.2) is 17.0 Å². The van der Waals surface area contributed by atoms with Crippen LogP contribution < -0.4 is 10.2 Å². The summed E-state index contributed by atoms with van der Waals surface area (Å²) in [6.07, 6.45) is 0. The highest BCUT2D eigenvalue weighted by molar-refractivity contribution is 8.00. The van der Waals surface area contributed by atoms with Crippen molar-refractivity contribution in [2.24, 2.45) is 0 Å². The Morgan fingerprint density at radius 3 is 2.27 bits per heavy atom. The van der Waals surface area contributed by atoms with Crippen molar-refractivity contribution in [3.63, 3.8) is 0 Å². The molecule has 144 valence electrons. The van der Waals surface area contributed by atoms with E-state index in [2.05, 4.69) is 38.2 Å². The number of rotatable bonds is 6. The van der Waals surface area contributed by atoms with E-state index < -0.39 is 0 Å². The Bertz CT molecular complexity index is 629. The monoisotopic (exact) mass is 378 g/mol. The van der Waals surface area contributed by atoms with Gasteiger partial charge in [0.25, 0.3) is 5.91 Å². The zero-order chi connectivity index (χ0) is 19.3. The van der Waals surface area contributed by atoms with Crippen LogP contribution in [0.5, 0.6) is 0 Å². The third kappa shape index (κ3) is 6.02. The molecule has 26 heavy (non-hydrogen) atoms. The number of hydrogen-bond donors (Lipinski definition) is 2. The summed E-state index contributed by atoms with van der Waals surface area (Å²) in [6.45, 7) is 13.9. The molecule has 0 bridgehead atoms. The van der Waals surface area contributed by atoms with Gasteiger partial charge in [-0.1, -0.05) is 17.7 Å². The Morgan fingerprint density at radius 2 is 1.73 bits per heavy atom. The van der Waals surface area contributed by atoms with Crippen molar-refractivity contribution in [1.29, 1.82) is 0 Å². The summed E-state index contributed by atoms with van der Waals surface area (Å²) in [5.74, 6) is 0.768. The molecule has 2 rings (SSSR count). The molecule has 0 saturated carbocycles. The predicted molar refractivity (Wildman–Crippen MR) is 107 cm³/mol. The fourth-order valence-corrected chi connectivity index (χ4v) is 4.49. The quantitative estimate of drug-likeness (QED) is 0.725. The highest BCUT2D eigenvalue weighted by Gasteiger charge is 2.25. The van der Waals surface area contributed by atoms with Gasteiger partial charge in [-0.05, 0) is 45.7 Å². The number of aryl methyl sites for hydroxylation is 3. The molecule has 1 fully saturated rings. The van der Waals surface area contributed by atoms with Gasteiger partial charge in [0, 0.05) is 10.9 Å². The number of piperazine rings is 1. The molecule has 2 amide bonds. The highest BCUT2D eigenvalue weighted by atomic mass is 32.2. The molecule has 0 atom stereocenters. The maximum absolute atomic E-state index is 12.6. The molecule has 0 aliphatic carbocycles. The standard InChI is InChI=1S/C20H31N3O2S/c1-14(2)21-18(24)12-22-6-8-23(9-7-22)19(25)13-26-20-16(4)10-15(3)11-17(20)5/h10-11,14H,6-9,12-13H2,1-5H3,(H,21,24)/p+1. The first kappa shape index (κ1) is 20.8. The van der Waals surface area contributed by atoms with Crippen LogP contribution in [0, 0.1) is 20.8 Å². The van der Waals surface area contributed by atoms with Crippen LogP contribution in [0.3, 0.4) is 0 Å². The van der Waals surface area contributed by atoms with Crippen LogP contribution in [-0.4, -0.2) is 61.2 Å². The van der Waals surface area contributed by atoms with Gasteiger partial charge in [0.15, 0.2) is 6.54 Å². The number of carbonyl (C=O) groups excluding carboxylic acids is 2. The Morgan fingerprint density at radius 1 is 1.15 bits per heavy atom. The first-order chi connectivity index (χ1) is 12.3. The first-order valence-electron chi connectivity index (χ1n) is 9.37. The lowest BCUT2D eigenvalue weighted by atomic mass is 10.1. The molecule has 1 aliphatic rings. The first-order valence-corrected chi connectivity index (χ1v) is 10.4. The Labute approximate surface area is 161 Å². The number of nitrogens with zero attached hydrogens (tertiary/aromatic N) is 1. The van der Waals surface area contributed by atoms with Gasteiger partial charge in [0.2, 0.25) is 5.91 Å². The lowest BCUT2D eigenvalue weighted by Gasteiger charge is -2.32. The molecule has 0 spiro atoms. The summed E-state index contributed by atoms with van der Waals surface area (Å²) in [5.41, 5.74) is 3.74. The predicted octanol–water partition coefficient (Wildman–Crippen LogP) is 0.956. The second-order valence-electron chi connectivity index (χ2n) is 7.55. The Hall–Kier alpha value is -1.53. The SMILES string of the molecule is Cc1cc(C)c(SCC(=O)N2CC[NH+](CC(=O)NC(C)C)CC2)c(C)c1. The second kappa shape index (κ2) is 9.42. The number of thioether (sulfide) groups is 1. The minimum Gasteiger partial charge on any atom is -0.349 e. The zero-order valence-electron chi connectivity index (χ0n) is 16.6. The van der Waals surface area contributed by atoms with E-state index in [0.717, 1.165) is 26.2 Å². The van der Waals surface area contributed by atoms with Crippen molar-refractivity contribution in [1.82, 2.24) is 10.2 Å². The zero-order valence-corrected chi connectivity index (χ0v) is 17.5. The van der Waals surface area contributed by atoms with Gasteiger partial charge in [-0.15, -0.1) is 11.8 Å². The molecule has 2 N–H and O–H groups in total. The number of carbonyl (C=O) groups is 2. The van der Waals surface area contributed by atoms with E-state index in [1.807, 2.05) is 18.7 Å². The van der Waals surface area contributed by atoms with Gasteiger partial charge in [0.05, 0.1) is 31.9 Å². The molecule has 0 radical (unpaired) electrons. The molecular formula is C20H32N3O2S+. The fraction of sp³-hybridized carbons (Fsp3) is 0.600. The third-order valence-electron chi connectivity index (χ3n) is 4.63. The lowest BCUT2D eigenvalue weighted by Crippen LogP contribution is -3.16. The van der Waals surface area contributed by atoms with E-state index in [0.29, 0.717) is 12.3 Å². The van der Waals surface area contributed by atoms with Gasteiger partial charge >= 0.3 is 0 Å². The van der Waals surface area contributed by atoms with Crippen molar-refractivity contribution in [2.75, 3.05) is 38.5 Å². The van der Waals surface area contributed by atoms with Crippen molar-refractivity contribution < 1.29 is 14.5 Å². The minimum absolute atomic E-state index is 0.0932. The van der Waals surface area contributed by atoms with E-state index in [-0.39, 0.29) is 17.9 Å². The van der Waals surface area contributed by atoms with Crippen LogP contribution in [0.1, 0.15) is 30.5 Å². The van der Waals surface area contributed by atoms with Crippen LogP contribution in [0.25, 0.3) is 0 Å². The number of nitrogens with one attached hydrogen (secondary N) is 2. The van der Waals surface area contributed by atoms with E-state index in [9.17, 15) is 9.59 Å². The molecule has 1 heterocycles. The summed E-state index contributed by atoms with van der Waals surface area (Å²) >= 11 is 1.64. The van der Waals surface area contributed by atoms with Crippen LogP contribution in [-0.2, 0) is 9.59 Å². The van der Waals surface area contributed by atoms with Gasteiger partial charge < -0.3 is 15.1 Å². The maximum atomic E-state index is 12.6. The maximum Gasteiger partial charge on any atom is 0.275 e. The van der Waals surface area contributed by atoms with Gasteiger partial charge in [-0.25, -0.2) is 0 Å². The minimum atomic E-state index is 0.0932. The second-order valence-corrected chi connectivity index (χ2v) is 8.53.